The summed E-state index contributed by atoms with van der Waals surface area (Å²) in [5, 5.41) is 13.9. The number of fused-ring (bicyclic) bond motifs is 1. The SMILES string of the molecule is Cc1cc(NC[C@H](C)NC(=O)[C@H](CC2CCCCC2)Nc2nc3cccc(Cl)c3o2)no1. The monoisotopic (exact) mass is 459 g/mol. The number of aryl methyl sites for hydroxylation is 1. The van der Waals surface area contributed by atoms with E-state index in [0.29, 0.717) is 40.4 Å². The second kappa shape index (κ2) is 10.3. The average molecular weight is 460 g/mol. The first-order valence-electron chi connectivity index (χ1n) is 11.3. The zero-order chi connectivity index (χ0) is 22.5. The fourth-order valence-electron chi connectivity index (χ4n) is 4.22. The molecule has 32 heavy (non-hydrogen) atoms. The fraction of sp³-hybridized carbons (Fsp3) is 0.522. The standard InChI is InChI=1S/C23H30ClN5O3/c1-14(13-25-20-11-15(2)32-29-20)26-22(30)19(12-16-7-4-3-5-8-16)28-23-27-18-10-6-9-17(24)21(18)31-23/h6,9-11,14,16,19H,3-5,7-8,12-13H2,1-2H3,(H,25,29)(H,26,30)(H,27,28)/t14-,19-/m0/s1. The molecule has 0 aliphatic heterocycles. The molecule has 4 rings (SSSR count). The lowest BCUT2D eigenvalue weighted by Crippen LogP contribution is -2.46. The molecule has 0 saturated heterocycles. The highest BCUT2D eigenvalue weighted by atomic mass is 35.5. The minimum Gasteiger partial charge on any atom is -0.422 e. The highest BCUT2D eigenvalue weighted by molar-refractivity contribution is 6.34. The third-order valence-corrected chi connectivity index (χ3v) is 6.18. The van der Waals surface area contributed by atoms with Gasteiger partial charge < -0.3 is 24.9 Å². The Hall–Kier alpha value is -2.74. The van der Waals surface area contributed by atoms with Crippen molar-refractivity contribution in [2.24, 2.45) is 5.92 Å². The maximum Gasteiger partial charge on any atom is 0.296 e. The van der Waals surface area contributed by atoms with Gasteiger partial charge in [-0.15, -0.1) is 0 Å². The summed E-state index contributed by atoms with van der Waals surface area (Å²) in [6.07, 6.45) is 6.74. The maximum absolute atomic E-state index is 13.2. The molecule has 1 saturated carbocycles. The van der Waals surface area contributed by atoms with Crippen LogP contribution >= 0.6 is 11.6 Å². The minimum atomic E-state index is -0.443. The summed E-state index contributed by atoms with van der Waals surface area (Å²) in [6, 6.07) is 7.01. The summed E-state index contributed by atoms with van der Waals surface area (Å²) < 4.78 is 10.9. The summed E-state index contributed by atoms with van der Waals surface area (Å²) in [5.74, 6) is 1.82. The van der Waals surface area contributed by atoms with Crippen molar-refractivity contribution in [2.75, 3.05) is 17.2 Å². The van der Waals surface area contributed by atoms with Gasteiger partial charge in [-0.05, 0) is 38.3 Å². The molecule has 3 N–H and O–H groups in total. The predicted octanol–water partition coefficient (Wildman–Crippen LogP) is 5.15. The van der Waals surface area contributed by atoms with Crippen molar-refractivity contribution in [3.05, 3.63) is 35.0 Å². The number of aromatic nitrogens is 2. The Balaban J connectivity index is 1.42. The van der Waals surface area contributed by atoms with Crippen LogP contribution in [0.5, 0.6) is 0 Å². The number of para-hydroxylation sites is 1. The molecule has 1 fully saturated rings. The van der Waals surface area contributed by atoms with Crippen LogP contribution < -0.4 is 16.0 Å². The van der Waals surface area contributed by atoms with Gasteiger partial charge in [0.15, 0.2) is 11.4 Å². The zero-order valence-electron chi connectivity index (χ0n) is 18.5. The van der Waals surface area contributed by atoms with Gasteiger partial charge in [-0.3, -0.25) is 4.79 Å². The summed E-state index contributed by atoms with van der Waals surface area (Å²) in [6.45, 7) is 4.32. The van der Waals surface area contributed by atoms with E-state index >= 15 is 0 Å². The number of carbonyl (C=O) groups is 1. The van der Waals surface area contributed by atoms with Crippen LogP contribution in [0.3, 0.4) is 0 Å². The summed E-state index contributed by atoms with van der Waals surface area (Å²) in [4.78, 5) is 17.7. The number of rotatable bonds is 9. The Kier molecular flexibility index (Phi) is 7.19. The minimum absolute atomic E-state index is 0.0745. The molecule has 3 aromatic rings. The number of hydrogen-bond donors (Lipinski definition) is 3. The van der Waals surface area contributed by atoms with E-state index in [4.69, 9.17) is 20.5 Å². The van der Waals surface area contributed by atoms with Gasteiger partial charge in [-0.25, -0.2) is 0 Å². The van der Waals surface area contributed by atoms with Gasteiger partial charge in [-0.2, -0.15) is 4.98 Å². The molecule has 8 nitrogen and oxygen atoms in total. The molecule has 1 amide bonds. The normalized spacial score (nSPS) is 16.6. The van der Waals surface area contributed by atoms with Crippen LogP contribution in [0.25, 0.3) is 11.1 Å². The molecular weight excluding hydrogens is 430 g/mol. The predicted molar refractivity (Wildman–Crippen MR) is 125 cm³/mol. The molecule has 172 valence electrons. The number of anilines is 2. The average Bonchev–Trinajstić information content (AvgIpc) is 3.39. The molecule has 1 aromatic carbocycles. The Labute approximate surface area is 192 Å². The van der Waals surface area contributed by atoms with Crippen molar-refractivity contribution in [1.82, 2.24) is 15.5 Å². The Bertz CT molecular complexity index is 1040. The highest BCUT2D eigenvalue weighted by Crippen LogP contribution is 2.30. The Morgan fingerprint density at radius 1 is 1.28 bits per heavy atom. The van der Waals surface area contributed by atoms with Gasteiger partial charge in [0.1, 0.15) is 17.3 Å². The number of halogens is 1. The van der Waals surface area contributed by atoms with E-state index in [1.807, 2.05) is 32.0 Å². The van der Waals surface area contributed by atoms with E-state index in [2.05, 4.69) is 26.1 Å². The summed E-state index contributed by atoms with van der Waals surface area (Å²) >= 11 is 6.22. The quantitative estimate of drug-likeness (QED) is 0.406. The van der Waals surface area contributed by atoms with Gasteiger partial charge in [-0.1, -0.05) is 54.9 Å². The van der Waals surface area contributed by atoms with Crippen molar-refractivity contribution in [3.63, 3.8) is 0 Å². The van der Waals surface area contributed by atoms with Crippen molar-refractivity contribution >= 4 is 40.4 Å². The van der Waals surface area contributed by atoms with Crippen molar-refractivity contribution < 1.29 is 13.7 Å². The molecule has 1 aliphatic rings. The number of benzene rings is 1. The first kappa shape index (κ1) is 22.5. The Morgan fingerprint density at radius 2 is 2.09 bits per heavy atom. The van der Waals surface area contributed by atoms with Gasteiger partial charge in [0.2, 0.25) is 5.91 Å². The summed E-state index contributed by atoms with van der Waals surface area (Å²) in [5.41, 5.74) is 1.19. The largest absolute Gasteiger partial charge is 0.422 e. The van der Waals surface area contributed by atoms with E-state index < -0.39 is 6.04 Å². The van der Waals surface area contributed by atoms with Crippen LogP contribution in [0.4, 0.5) is 11.8 Å². The van der Waals surface area contributed by atoms with Crippen molar-refractivity contribution in [3.8, 4) is 0 Å². The molecule has 0 unspecified atom stereocenters. The molecular formula is C23H30ClN5O3. The second-order valence-corrected chi connectivity index (χ2v) is 9.06. The molecule has 0 spiro atoms. The topological polar surface area (TPSA) is 105 Å². The van der Waals surface area contributed by atoms with Crippen LogP contribution in [0.15, 0.2) is 33.2 Å². The first-order chi connectivity index (χ1) is 15.5. The molecule has 9 heteroatoms. The molecule has 0 bridgehead atoms. The summed E-state index contributed by atoms with van der Waals surface area (Å²) in [7, 11) is 0. The van der Waals surface area contributed by atoms with Gasteiger partial charge in [0.25, 0.3) is 6.01 Å². The van der Waals surface area contributed by atoms with Crippen molar-refractivity contribution in [2.45, 2.75) is 64.5 Å². The molecule has 2 heterocycles. The van der Waals surface area contributed by atoms with E-state index in [0.717, 1.165) is 25.0 Å². The smallest absolute Gasteiger partial charge is 0.296 e. The van der Waals surface area contributed by atoms with E-state index in [9.17, 15) is 4.79 Å². The van der Waals surface area contributed by atoms with Gasteiger partial charge in [0, 0.05) is 18.7 Å². The lowest BCUT2D eigenvalue weighted by Gasteiger charge is -2.27. The molecule has 1 aliphatic carbocycles. The number of carbonyl (C=O) groups excluding carboxylic acids is 1. The number of hydrogen-bond acceptors (Lipinski definition) is 7. The van der Waals surface area contributed by atoms with Crippen LogP contribution in [-0.2, 0) is 4.79 Å². The molecule has 2 atom stereocenters. The second-order valence-electron chi connectivity index (χ2n) is 8.66. The van der Waals surface area contributed by atoms with Crippen LogP contribution in [0.1, 0.15) is 51.2 Å². The fourth-order valence-corrected chi connectivity index (χ4v) is 4.42. The molecule has 2 aromatic heterocycles. The maximum atomic E-state index is 13.2. The highest BCUT2D eigenvalue weighted by Gasteiger charge is 2.27. The van der Waals surface area contributed by atoms with Crippen LogP contribution in [-0.4, -0.2) is 34.7 Å². The first-order valence-corrected chi connectivity index (χ1v) is 11.6. The van der Waals surface area contributed by atoms with Crippen LogP contribution in [0.2, 0.25) is 5.02 Å². The number of nitrogens with zero attached hydrogens (tertiary/aromatic N) is 2. The van der Waals surface area contributed by atoms with E-state index in [-0.39, 0.29) is 11.9 Å². The van der Waals surface area contributed by atoms with Gasteiger partial charge >= 0.3 is 0 Å². The number of nitrogens with one attached hydrogen (secondary N) is 3. The number of amides is 1. The third-order valence-electron chi connectivity index (χ3n) is 5.88. The van der Waals surface area contributed by atoms with Crippen molar-refractivity contribution in [1.29, 1.82) is 0 Å². The zero-order valence-corrected chi connectivity index (χ0v) is 19.2. The molecule has 0 radical (unpaired) electrons. The lowest BCUT2D eigenvalue weighted by atomic mass is 9.84. The van der Waals surface area contributed by atoms with E-state index in [1.165, 1.54) is 19.3 Å². The third kappa shape index (κ3) is 5.73. The Morgan fingerprint density at radius 3 is 2.81 bits per heavy atom. The van der Waals surface area contributed by atoms with Crippen LogP contribution in [0, 0.1) is 12.8 Å². The van der Waals surface area contributed by atoms with E-state index in [1.54, 1.807) is 6.07 Å². The van der Waals surface area contributed by atoms with Gasteiger partial charge in [0.05, 0.1) is 5.02 Å². The number of oxazole rings is 1. The lowest BCUT2D eigenvalue weighted by molar-refractivity contribution is -0.122.